The van der Waals surface area contributed by atoms with Crippen LogP contribution in [0.3, 0.4) is 0 Å². The molecule has 3 nitrogen and oxygen atoms in total. The fraction of sp³-hybridized carbons (Fsp3) is 0.667. The predicted octanol–water partition coefficient (Wildman–Crippen LogP) is 1.95. The molecule has 0 spiro atoms. The van der Waals surface area contributed by atoms with Crippen molar-refractivity contribution in [3.8, 4) is 0 Å². The Morgan fingerprint density at radius 1 is 1.20 bits per heavy atom. The monoisotopic (exact) mass is 207 g/mol. The normalized spacial score (nSPS) is 13.1. The molecule has 1 heterocycles. The van der Waals surface area contributed by atoms with Crippen molar-refractivity contribution >= 4 is 0 Å². The van der Waals surface area contributed by atoms with Gasteiger partial charge in [0.15, 0.2) is 0 Å². The number of nitrogens with two attached hydrogens (primary N) is 1. The SMILES string of the molecule is CC(C)CCc1ncc(CC(C)N)cn1. The molecule has 0 amide bonds. The lowest BCUT2D eigenvalue weighted by Gasteiger charge is -2.06. The summed E-state index contributed by atoms with van der Waals surface area (Å²) >= 11 is 0. The average Bonchev–Trinajstić information content (AvgIpc) is 2.16. The molecule has 1 atom stereocenters. The van der Waals surface area contributed by atoms with Gasteiger partial charge in [0.05, 0.1) is 0 Å². The van der Waals surface area contributed by atoms with Crippen LogP contribution in [0.5, 0.6) is 0 Å². The van der Waals surface area contributed by atoms with Gasteiger partial charge in [-0.2, -0.15) is 0 Å². The van der Waals surface area contributed by atoms with Crippen molar-refractivity contribution in [2.75, 3.05) is 0 Å². The van der Waals surface area contributed by atoms with E-state index in [-0.39, 0.29) is 6.04 Å². The van der Waals surface area contributed by atoms with Crippen molar-refractivity contribution in [2.24, 2.45) is 11.7 Å². The van der Waals surface area contributed by atoms with Crippen LogP contribution >= 0.6 is 0 Å². The van der Waals surface area contributed by atoms with Crippen LogP contribution < -0.4 is 5.73 Å². The van der Waals surface area contributed by atoms with E-state index in [1.165, 1.54) is 0 Å². The lowest BCUT2D eigenvalue weighted by Crippen LogP contribution is -2.18. The summed E-state index contributed by atoms with van der Waals surface area (Å²) < 4.78 is 0. The summed E-state index contributed by atoms with van der Waals surface area (Å²) in [7, 11) is 0. The highest BCUT2D eigenvalue weighted by molar-refractivity contribution is 5.06. The van der Waals surface area contributed by atoms with Gasteiger partial charge < -0.3 is 5.73 Å². The van der Waals surface area contributed by atoms with Crippen molar-refractivity contribution in [3.63, 3.8) is 0 Å². The first-order chi connectivity index (χ1) is 7.08. The Kier molecular flexibility index (Phi) is 4.69. The molecule has 2 N–H and O–H groups in total. The van der Waals surface area contributed by atoms with E-state index in [2.05, 4.69) is 23.8 Å². The summed E-state index contributed by atoms with van der Waals surface area (Å²) in [5, 5.41) is 0. The second kappa shape index (κ2) is 5.81. The topological polar surface area (TPSA) is 51.8 Å². The van der Waals surface area contributed by atoms with Gasteiger partial charge in [0.2, 0.25) is 0 Å². The Hall–Kier alpha value is -0.960. The fourth-order valence-corrected chi connectivity index (χ4v) is 1.41. The highest BCUT2D eigenvalue weighted by Gasteiger charge is 2.02. The maximum absolute atomic E-state index is 5.71. The Labute approximate surface area is 92.1 Å². The van der Waals surface area contributed by atoms with Gasteiger partial charge in [-0.15, -0.1) is 0 Å². The Morgan fingerprint density at radius 3 is 2.27 bits per heavy atom. The second-order valence-electron chi connectivity index (χ2n) is 4.62. The maximum atomic E-state index is 5.71. The first kappa shape index (κ1) is 12.1. The molecule has 84 valence electrons. The quantitative estimate of drug-likeness (QED) is 0.803. The molecule has 1 aromatic heterocycles. The van der Waals surface area contributed by atoms with E-state index in [0.29, 0.717) is 5.92 Å². The van der Waals surface area contributed by atoms with Gasteiger partial charge >= 0.3 is 0 Å². The smallest absolute Gasteiger partial charge is 0.128 e. The number of nitrogens with zero attached hydrogens (tertiary/aromatic N) is 2. The molecule has 15 heavy (non-hydrogen) atoms. The van der Waals surface area contributed by atoms with E-state index in [0.717, 1.165) is 30.7 Å². The number of aromatic nitrogens is 2. The zero-order chi connectivity index (χ0) is 11.3. The van der Waals surface area contributed by atoms with Crippen LogP contribution in [0.4, 0.5) is 0 Å². The number of hydrogen-bond acceptors (Lipinski definition) is 3. The van der Waals surface area contributed by atoms with Crippen LogP contribution in [0.25, 0.3) is 0 Å². The summed E-state index contributed by atoms with van der Waals surface area (Å²) in [6, 6.07) is 0.176. The van der Waals surface area contributed by atoms with E-state index >= 15 is 0 Å². The third-order valence-electron chi connectivity index (χ3n) is 2.26. The summed E-state index contributed by atoms with van der Waals surface area (Å²) in [4.78, 5) is 8.67. The van der Waals surface area contributed by atoms with Crippen LogP contribution in [-0.2, 0) is 12.8 Å². The lowest BCUT2D eigenvalue weighted by molar-refractivity contribution is 0.574. The first-order valence-electron chi connectivity index (χ1n) is 5.63. The molecule has 1 unspecified atom stereocenters. The summed E-state index contributed by atoms with van der Waals surface area (Å²) in [5.74, 6) is 1.65. The van der Waals surface area contributed by atoms with Crippen LogP contribution in [0.1, 0.15) is 38.6 Å². The van der Waals surface area contributed by atoms with Crippen LogP contribution in [0, 0.1) is 5.92 Å². The van der Waals surface area contributed by atoms with Gasteiger partial charge in [-0.25, -0.2) is 9.97 Å². The van der Waals surface area contributed by atoms with Crippen LogP contribution in [-0.4, -0.2) is 16.0 Å². The van der Waals surface area contributed by atoms with Crippen LogP contribution in [0.15, 0.2) is 12.4 Å². The molecular weight excluding hydrogens is 186 g/mol. The largest absolute Gasteiger partial charge is 0.328 e. The predicted molar refractivity (Wildman–Crippen MR) is 62.5 cm³/mol. The van der Waals surface area contributed by atoms with Gasteiger partial charge in [0.1, 0.15) is 5.82 Å². The highest BCUT2D eigenvalue weighted by Crippen LogP contribution is 2.06. The zero-order valence-corrected chi connectivity index (χ0v) is 9.90. The van der Waals surface area contributed by atoms with Crippen molar-refractivity contribution in [3.05, 3.63) is 23.8 Å². The summed E-state index contributed by atoms with van der Waals surface area (Å²) in [6.07, 6.45) is 6.76. The number of aryl methyl sites for hydroxylation is 1. The fourth-order valence-electron chi connectivity index (χ4n) is 1.41. The van der Waals surface area contributed by atoms with Crippen molar-refractivity contribution in [2.45, 2.75) is 46.1 Å². The molecule has 3 heteroatoms. The summed E-state index contributed by atoms with van der Waals surface area (Å²) in [5.41, 5.74) is 6.83. The zero-order valence-electron chi connectivity index (χ0n) is 9.90. The molecule has 0 saturated heterocycles. The first-order valence-corrected chi connectivity index (χ1v) is 5.63. The Balaban J connectivity index is 2.49. The molecule has 0 aliphatic carbocycles. The molecule has 0 aromatic carbocycles. The van der Waals surface area contributed by atoms with E-state index in [4.69, 9.17) is 5.73 Å². The average molecular weight is 207 g/mol. The van der Waals surface area contributed by atoms with Gasteiger partial charge in [0, 0.05) is 24.9 Å². The van der Waals surface area contributed by atoms with E-state index in [1.807, 2.05) is 19.3 Å². The van der Waals surface area contributed by atoms with Crippen molar-refractivity contribution < 1.29 is 0 Å². The van der Waals surface area contributed by atoms with Gasteiger partial charge in [-0.05, 0) is 31.2 Å². The highest BCUT2D eigenvalue weighted by atomic mass is 14.9. The third kappa shape index (κ3) is 4.88. The van der Waals surface area contributed by atoms with Crippen molar-refractivity contribution in [1.29, 1.82) is 0 Å². The van der Waals surface area contributed by atoms with E-state index in [9.17, 15) is 0 Å². The molecule has 0 aliphatic heterocycles. The van der Waals surface area contributed by atoms with E-state index < -0.39 is 0 Å². The van der Waals surface area contributed by atoms with Gasteiger partial charge in [0.25, 0.3) is 0 Å². The minimum absolute atomic E-state index is 0.176. The molecule has 1 rings (SSSR count). The molecule has 0 radical (unpaired) electrons. The minimum atomic E-state index is 0.176. The van der Waals surface area contributed by atoms with Gasteiger partial charge in [-0.1, -0.05) is 13.8 Å². The Bertz CT molecular complexity index is 277. The molecular formula is C12H21N3. The summed E-state index contributed by atoms with van der Waals surface area (Å²) in [6.45, 7) is 6.42. The maximum Gasteiger partial charge on any atom is 0.128 e. The van der Waals surface area contributed by atoms with Crippen LogP contribution in [0.2, 0.25) is 0 Å². The lowest BCUT2D eigenvalue weighted by atomic mass is 10.1. The molecule has 0 aliphatic rings. The van der Waals surface area contributed by atoms with Gasteiger partial charge in [-0.3, -0.25) is 0 Å². The second-order valence-corrected chi connectivity index (χ2v) is 4.62. The number of hydrogen-bond donors (Lipinski definition) is 1. The molecule has 0 fully saturated rings. The molecule has 0 saturated carbocycles. The number of rotatable bonds is 5. The van der Waals surface area contributed by atoms with Crippen molar-refractivity contribution in [1.82, 2.24) is 9.97 Å². The molecule has 1 aromatic rings. The molecule has 0 bridgehead atoms. The van der Waals surface area contributed by atoms with E-state index in [1.54, 1.807) is 0 Å². The minimum Gasteiger partial charge on any atom is -0.328 e. The Morgan fingerprint density at radius 2 is 1.80 bits per heavy atom. The standard InChI is InChI=1S/C12H21N3/c1-9(2)4-5-12-14-7-11(8-15-12)6-10(3)13/h7-10H,4-6,13H2,1-3H3. The third-order valence-corrected chi connectivity index (χ3v) is 2.26.